The van der Waals surface area contributed by atoms with Crippen molar-refractivity contribution in [3.8, 4) is 0 Å². The van der Waals surface area contributed by atoms with Gasteiger partial charge in [-0.2, -0.15) is 0 Å². The van der Waals surface area contributed by atoms with Crippen LogP contribution in [0.3, 0.4) is 0 Å². The summed E-state index contributed by atoms with van der Waals surface area (Å²) in [5.74, 6) is 0. The third kappa shape index (κ3) is 70.6. The van der Waals surface area contributed by atoms with Gasteiger partial charge < -0.3 is 0 Å². The van der Waals surface area contributed by atoms with Gasteiger partial charge in [0.05, 0.1) is 67.9 Å². The number of benzene rings is 6. The van der Waals surface area contributed by atoms with E-state index in [1.165, 1.54) is 26.8 Å². The van der Waals surface area contributed by atoms with Gasteiger partial charge in [-0.15, -0.1) is 0 Å². The molecule has 6 aromatic carbocycles. The van der Waals surface area contributed by atoms with Crippen LogP contribution in [0.1, 0.15) is 166 Å². The predicted molar refractivity (Wildman–Crippen MR) is 406 cm³/mol. The van der Waals surface area contributed by atoms with E-state index in [2.05, 4.69) is 262 Å². The molecule has 0 amide bonds. The Labute approximate surface area is 664 Å². The molecule has 0 bridgehead atoms. The maximum atomic E-state index is 2.90. The molecule has 0 unspecified atom stereocenters. The van der Waals surface area contributed by atoms with Crippen LogP contribution in [0.25, 0.3) is 0 Å². The molecule has 0 radical (unpaired) electrons. The second-order valence-electron chi connectivity index (χ2n) is 23.7. The van der Waals surface area contributed by atoms with Gasteiger partial charge in [0, 0.05) is 31.7 Å². The van der Waals surface area contributed by atoms with Gasteiger partial charge in [0.15, 0.2) is 0 Å². The number of rotatable bonds is 12. The number of hydrogen-bond acceptors (Lipinski definition) is 0. The van der Waals surface area contributed by atoms with Crippen LogP contribution in [0.5, 0.6) is 0 Å². The molecule has 0 N–H and O–H groups in total. The van der Waals surface area contributed by atoms with E-state index in [0.29, 0.717) is 0 Å². The zero-order valence-corrected chi connectivity index (χ0v) is 77.4. The molecule has 0 aliphatic carbocycles. The quantitative estimate of drug-likeness (QED) is 0.0846. The molecule has 6 rings (SSSR count). The van der Waals surface area contributed by atoms with E-state index in [1.807, 2.05) is 182 Å². The summed E-state index contributed by atoms with van der Waals surface area (Å²) in [6.45, 7) is 56.9. The van der Waals surface area contributed by atoms with Crippen LogP contribution in [-0.2, 0) is 102 Å². The van der Waals surface area contributed by atoms with E-state index in [4.69, 9.17) is 0 Å². The molecule has 524 valence electrons. The fourth-order valence-electron chi connectivity index (χ4n) is 10.5. The summed E-state index contributed by atoms with van der Waals surface area (Å²) in [5.41, 5.74) is 11.2. The first-order chi connectivity index (χ1) is 38.2. The van der Waals surface area contributed by atoms with Crippen LogP contribution in [0.15, 0.2) is 182 Å². The Morgan fingerprint density at radius 3 is 0.250 bits per heavy atom. The van der Waals surface area contributed by atoms with Gasteiger partial charge in [-0.1, -0.05) is 0 Å². The van der Waals surface area contributed by atoms with Gasteiger partial charge in [-0.05, 0) is 166 Å². The Balaban J connectivity index is -0.0000000956. The zero-order chi connectivity index (χ0) is 63.9. The molecule has 88 heavy (non-hydrogen) atoms. The van der Waals surface area contributed by atoms with E-state index < -0.39 is 0 Å². The minimum atomic E-state index is -0.0957. The summed E-state index contributed by atoms with van der Waals surface area (Å²) in [4.78, 5) is 0. The van der Waals surface area contributed by atoms with Crippen molar-refractivity contribution in [1.82, 2.24) is 0 Å². The van der Waals surface area contributed by atoms with Gasteiger partial charge in [0.1, 0.15) is 0 Å². The van der Waals surface area contributed by atoms with Crippen molar-refractivity contribution in [2.75, 3.05) is 0 Å². The molecule has 16 heteroatoms. The SMILES string of the molecule is CC(C)[PH+](C(C)C)C(C)C.CC(C)[PH+](C(C)C)C(C)C.CC(C)[PH+](C(C)C)C(C)C.CC(C)[PH+](C(C)C)C(C)C.[Cu+].[Cu+].[Cu+].[Cu+].[Cu+].[Cu+].[Se-]c1ccccc1.[Se-]c1ccccc1.[Se-]c1ccccc1.[Se-]c1ccccc1.[Se-]c1ccccc1.[Se-]c1ccccc1. The van der Waals surface area contributed by atoms with Gasteiger partial charge in [0.25, 0.3) is 0 Å². The van der Waals surface area contributed by atoms with Crippen LogP contribution in [0.4, 0.5) is 0 Å². The first-order valence-electron chi connectivity index (χ1n) is 30.0. The van der Waals surface area contributed by atoms with Gasteiger partial charge >= 0.3 is 407 Å². The van der Waals surface area contributed by atoms with E-state index in [9.17, 15) is 0 Å². The van der Waals surface area contributed by atoms with Crippen molar-refractivity contribution in [2.45, 2.75) is 234 Å². The normalized spacial score (nSPS) is 9.82. The minimum absolute atomic E-state index is 0. The molecule has 0 aromatic heterocycles. The zero-order valence-electron chi connectivity index (χ0n) is 57.5. The molecule has 0 aliphatic rings. The average molecular weight is 1960 g/mol. The predicted octanol–water partition coefficient (Wildman–Crippen LogP) is 16.6. The van der Waals surface area contributed by atoms with Crippen molar-refractivity contribution in [1.29, 1.82) is 0 Å². The molecule has 0 spiro atoms. The Hall–Kier alpha value is 3.27. The van der Waals surface area contributed by atoms with Crippen LogP contribution in [0.2, 0.25) is 0 Å². The summed E-state index contributed by atoms with van der Waals surface area (Å²) >= 11 is 17.4. The third-order valence-electron chi connectivity index (χ3n) is 12.5. The van der Waals surface area contributed by atoms with Crippen LogP contribution in [-0.4, -0.2) is 164 Å². The van der Waals surface area contributed by atoms with Crippen molar-refractivity contribution in [2.24, 2.45) is 0 Å². The second kappa shape index (κ2) is 73.0. The first-order valence-corrected chi connectivity index (χ1v) is 42.1. The Morgan fingerprint density at radius 1 is 0.159 bits per heavy atom. The molecule has 0 saturated heterocycles. The summed E-state index contributed by atoms with van der Waals surface area (Å²) in [5, 5.41) is 0. The van der Waals surface area contributed by atoms with Crippen LogP contribution >= 0.6 is 31.7 Å². The molecule has 0 fully saturated rings. The molecule has 0 nitrogen and oxygen atoms in total. The Morgan fingerprint density at radius 2 is 0.227 bits per heavy atom. The first kappa shape index (κ1) is 113. The summed E-state index contributed by atoms with van der Waals surface area (Å²) in [6.07, 6.45) is 0. The van der Waals surface area contributed by atoms with Gasteiger partial charge in [0.2, 0.25) is 0 Å². The molecule has 0 heterocycles. The van der Waals surface area contributed by atoms with Crippen molar-refractivity contribution < 1.29 is 102 Å². The molecule has 0 saturated carbocycles. The molecular weight excluding hydrogens is 1840 g/mol. The van der Waals surface area contributed by atoms with Crippen LogP contribution in [0, 0.1) is 0 Å². The standard InChI is InChI=1S/4C9H21P.6C6H6Se.6Cu/c4*1-7(2)10(8(3)4)9(5)6;6*7-6-4-2-1-3-5-6;;;;;;/h4*7-9H,1-6H3;6*1-5,7H;;;;;;/q;;;;;;;;;;6*+1/p-2. The molecule has 6 aromatic rings. The van der Waals surface area contributed by atoms with E-state index in [0.717, 1.165) is 67.9 Å². The van der Waals surface area contributed by atoms with E-state index in [1.54, 1.807) is 0 Å². The topological polar surface area (TPSA) is 0 Å². The Bertz CT molecular complexity index is 1780. The summed E-state index contributed by atoms with van der Waals surface area (Å²) in [6, 6.07) is 60.4. The van der Waals surface area contributed by atoms with E-state index in [-0.39, 0.29) is 134 Å². The van der Waals surface area contributed by atoms with Crippen molar-refractivity contribution in [3.63, 3.8) is 0 Å². The Kier molecular flexibility index (Phi) is 93.4. The second-order valence-corrected chi connectivity index (χ2v) is 47.5. The third-order valence-corrected chi connectivity index (χ3v) is 31.9. The average Bonchev–Trinajstić information content (AvgIpc) is 3.36. The fraction of sp³-hybridized carbons (Fsp3) is 0.500. The van der Waals surface area contributed by atoms with Crippen molar-refractivity contribution in [3.05, 3.63) is 182 Å². The van der Waals surface area contributed by atoms with Gasteiger partial charge in [-0.3, -0.25) is 0 Å². The maximum absolute atomic E-state index is 2.90. The summed E-state index contributed by atoms with van der Waals surface area (Å²) in [7, 11) is -0.383. The number of hydrogen-bond donors (Lipinski definition) is 0. The van der Waals surface area contributed by atoms with Gasteiger partial charge in [-0.25, -0.2) is 0 Å². The molecule has 0 aliphatic heterocycles. The van der Waals surface area contributed by atoms with Crippen LogP contribution < -0.4 is 26.8 Å². The van der Waals surface area contributed by atoms with Crippen molar-refractivity contribution >= 4 is 155 Å². The fourth-order valence-corrected chi connectivity index (χ4v) is 28.5. The summed E-state index contributed by atoms with van der Waals surface area (Å²) < 4.78 is 7.18. The van der Waals surface area contributed by atoms with E-state index >= 15 is 0 Å². The molecular formula is C72H118Cu6P4Se6+4. The monoisotopic (exact) mass is 1960 g/mol. The molecule has 0 atom stereocenters.